The van der Waals surface area contributed by atoms with Crippen molar-refractivity contribution in [3.63, 3.8) is 0 Å². The van der Waals surface area contributed by atoms with Crippen molar-refractivity contribution < 1.29 is 19.1 Å². The fraction of sp³-hybridized carbons (Fsp3) is 0.575. The molecule has 4 aliphatic rings. The van der Waals surface area contributed by atoms with Gasteiger partial charge in [-0.15, -0.1) is 0 Å². The normalized spacial score (nSPS) is 20.3. The number of fused-ring (bicyclic) bond motifs is 2. The van der Waals surface area contributed by atoms with Crippen LogP contribution in [0.1, 0.15) is 63.8 Å². The number of aryl methyl sites for hydroxylation is 1. The minimum Gasteiger partial charge on any atom is -0.463 e. The highest BCUT2D eigenvalue weighted by atomic mass is 16.6. The third-order valence-electron chi connectivity index (χ3n) is 11.0. The fourth-order valence-corrected chi connectivity index (χ4v) is 8.02. The van der Waals surface area contributed by atoms with E-state index in [1.54, 1.807) is 11.8 Å². The van der Waals surface area contributed by atoms with Crippen molar-refractivity contribution in [2.45, 2.75) is 78.5 Å². The maximum atomic E-state index is 13.2. The fourth-order valence-electron chi connectivity index (χ4n) is 8.02. The van der Waals surface area contributed by atoms with E-state index >= 15 is 0 Å². The molecular formula is C40H52N8O4. The zero-order valence-electron chi connectivity index (χ0n) is 31.4. The van der Waals surface area contributed by atoms with E-state index < -0.39 is 5.60 Å². The van der Waals surface area contributed by atoms with Gasteiger partial charge in [0.1, 0.15) is 11.4 Å². The highest BCUT2D eigenvalue weighted by Gasteiger charge is 2.45. The average Bonchev–Trinajstić information content (AvgIpc) is 3.88. The first-order valence-corrected chi connectivity index (χ1v) is 18.8. The van der Waals surface area contributed by atoms with Crippen molar-refractivity contribution in [3.8, 4) is 12.1 Å². The summed E-state index contributed by atoms with van der Waals surface area (Å²) in [6.07, 6.45) is 2.75. The number of benzene rings is 2. The first-order valence-electron chi connectivity index (χ1n) is 18.8. The number of nitriles is 1. The van der Waals surface area contributed by atoms with Crippen LogP contribution >= 0.6 is 0 Å². The smallest absolute Gasteiger partial charge is 0.410 e. The Kier molecular flexibility index (Phi) is 9.91. The summed E-state index contributed by atoms with van der Waals surface area (Å²) in [7, 11) is 0. The summed E-state index contributed by atoms with van der Waals surface area (Å²) < 4.78 is 12.3. The van der Waals surface area contributed by atoms with Crippen LogP contribution in [-0.2, 0) is 22.5 Å². The monoisotopic (exact) mass is 708 g/mol. The van der Waals surface area contributed by atoms with E-state index in [1.807, 2.05) is 25.7 Å². The van der Waals surface area contributed by atoms with Gasteiger partial charge in [-0.3, -0.25) is 9.69 Å². The Morgan fingerprint density at radius 2 is 1.73 bits per heavy atom. The van der Waals surface area contributed by atoms with Crippen molar-refractivity contribution in [2.24, 2.45) is 5.41 Å². The van der Waals surface area contributed by atoms with Crippen molar-refractivity contribution >= 4 is 34.3 Å². The zero-order chi connectivity index (χ0) is 36.6. The topological polar surface area (TPSA) is 118 Å². The van der Waals surface area contributed by atoms with Gasteiger partial charge >= 0.3 is 12.1 Å². The van der Waals surface area contributed by atoms with E-state index in [9.17, 15) is 14.9 Å². The maximum absolute atomic E-state index is 13.2. The predicted molar refractivity (Wildman–Crippen MR) is 200 cm³/mol. The van der Waals surface area contributed by atoms with E-state index in [1.165, 1.54) is 22.0 Å². The first-order chi connectivity index (χ1) is 24.9. The molecule has 2 amide bonds. The molecule has 0 bridgehead atoms. The molecule has 1 aliphatic carbocycles. The lowest BCUT2D eigenvalue weighted by atomic mass is 9.99. The standard InChI is InChI=1S/C40H52N8O4/c1-28-8-6-9-30-10-7-11-34(35(28)30)46-17-13-32-33(25-46)42-37(51-27-40(14-15-40)26-44-18-20-45(21-19-44)29(2)49)43-36(32)47-22-23-48(31(24-47)12-16-41)38(50)52-39(3,4)5/h6-11,31H,12-15,17-27H2,1-5H3. The Hall–Kier alpha value is -4.63. The third-order valence-corrected chi connectivity index (χ3v) is 11.0. The molecule has 1 aromatic heterocycles. The molecule has 7 rings (SSSR count). The predicted octanol–water partition coefficient (Wildman–Crippen LogP) is 5.16. The lowest BCUT2D eigenvalue weighted by Crippen LogP contribution is -2.56. The van der Waals surface area contributed by atoms with Gasteiger partial charge in [0.05, 0.1) is 37.4 Å². The molecule has 1 atom stereocenters. The van der Waals surface area contributed by atoms with Gasteiger partial charge in [0, 0.05) is 87.9 Å². The Morgan fingerprint density at radius 3 is 2.42 bits per heavy atom. The zero-order valence-corrected chi connectivity index (χ0v) is 31.4. The van der Waals surface area contributed by atoms with Crippen LogP contribution in [0, 0.1) is 23.7 Å². The highest BCUT2D eigenvalue weighted by molar-refractivity contribution is 5.97. The second-order valence-electron chi connectivity index (χ2n) is 16.1. The summed E-state index contributed by atoms with van der Waals surface area (Å²) in [4.78, 5) is 46.0. The molecule has 0 spiro atoms. The number of nitrogens with zero attached hydrogens (tertiary/aromatic N) is 8. The molecule has 2 saturated heterocycles. The summed E-state index contributed by atoms with van der Waals surface area (Å²) in [5, 5.41) is 12.2. The van der Waals surface area contributed by atoms with E-state index in [2.05, 4.69) is 64.1 Å². The van der Waals surface area contributed by atoms with Crippen LogP contribution in [-0.4, -0.2) is 114 Å². The highest BCUT2D eigenvalue weighted by Crippen LogP contribution is 2.47. The number of ether oxygens (including phenoxy) is 2. The van der Waals surface area contributed by atoms with E-state index in [-0.39, 0.29) is 29.9 Å². The molecular weight excluding hydrogens is 656 g/mol. The van der Waals surface area contributed by atoms with Gasteiger partial charge in [-0.25, -0.2) is 4.79 Å². The molecule has 1 unspecified atom stereocenters. The van der Waals surface area contributed by atoms with E-state index in [0.29, 0.717) is 38.8 Å². The van der Waals surface area contributed by atoms with Gasteiger partial charge in [-0.2, -0.15) is 15.2 Å². The van der Waals surface area contributed by atoms with Crippen LogP contribution in [0.5, 0.6) is 6.01 Å². The number of anilines is 2. The van der Waals surface area contributed by atoms with Gasteiger partial charge in [0.2, 0.25) is 5.91 Å². The number of amides is 2. The van der Waals surface area contributed by atoms with Gasteiger partial charge in [-0.1, -0.05) is 30.3 Å². The number of rotatable bonds is 8. The van der Waals surface area contributed by atoms with Gasteiger partial charge in [0.15, 0.2) is 0 Å². The summed E-state index contributed by atoms with van der Waals surface area (Å²) >= 11 is 0. The van der Waals surface area contributed by atoms with Crippen molar-refractivity contribution in [3.05, 3.63) is 53.2 Å². The molecule has 4 heterocycles. The molecule has 3 aromatic rings. The summed E-state index contributed by atoms with van der Waals surface area (Å²) in [6.45, 7) is 17.1. The summed E-state index contributed by atoms with van der Waals surface area (Å²) in [5.74, 6) is 0.981. The molecule has 12 heteroatoms. The van der Waals surface area contributed by atoms with Crippen molar-refractivity contribution in [2.75, 3.05) is 75.3 Å². The molecule has 52 heavy (non-hydrogen) atoms. The minimum absolute atomic E-state index is 0.0568. The number of aromatic nitrogens is 2. The molecule has 1 saturated carbocycles. The Balaban J connectivity index is 1.15. The Bertz CT molecular complexity index is 1850. The van der Waals surface area contributed by atoms with Crippen LogP contribution < -0.4 is 14.5 Å². The number of piperazine rings is 2. The van der Waals surface area contributed by atoms with Crippen LogP contribution in [0.3, 0.4) is 0 Å². The van der Waals surface area contributed by atoms with Crippen LogP contribution in [0.4, 0.5) is 16.3 Å². The van der Waals surface area contributed by atoms with Gasteiger partial charge in [-0.05, 0) is 64.0 Å². The maximum Gasteiger partial charge on any atom is 0.410 e. The average molecular weight is 709 g/mol. The van der Waals surface area contributed by atoms with E-state index in [0.717, 1.165) is 75.6 Å². The molecule has 276 valence electrons. The van der Waals surface area contributed by atoms with Crippen LogP contribution in [0.15, 0.2) is 36.4 Å². The second-order valence-corrected chi connectivity index (χ2v) is 16.1. The van der Waals surface area contributed by atoms with Gasteiger partial charge < -0.3 is 29.1 Å². The van der Waals surface area contributed by atoms with E-state index in [4.69, 9.17) is 19.4 Å². The molecule has 0 radical (unpaired) electrons. The van der Waals surface area contributed by atoms with Crippen molar-refractivity contribution in [1.29, 1.82) is 5.26 Å². The number of carbonyl (C=O) groups excluding carboxylic acids is 2. The Labute approximate surface area is 307 Å². The molecule has 12 nitrogen and oxygen atoms in total. The van der Waals surface area contributed by atoms with Gasteiger partial charge in [0.25, 0.3) is 0 Å². The first kappa shape index (κ1) is 35.8. The molecule has 3 fully saturated rings. The summed E-state index contributed by atoms with van der Waals surface area (Å²) in [5.41, 5.74) is 3.93. The lowest BCUT2D eigenvalue weighted by Gasteiger charge is -2.42. The second kappa shape index (κ2) is 14.4. The van der Waals surface area contributed by atoms with Crippen molar-refractivity contribution in [1.82, 2.24) is 24.7 Å². The third kappa shape index (κ3) is 7.75. The lowest BCUT2D eigenvalue weighted by molar-refractivity contribution is -0.130. The SMILES string of the molecule is CC(=O)N1CCN(CC2(COc3nc4c(c(N5CCN(C(=O)OC(C)(C)C)C(CC#N)C5)n3)CCN(c3cccc5cccc(C)c35)C4)CC2)CC1. The number of hydrogen-bond donors (Lipinski definition) is 0. The largest absolute Gasteiger partial charge is 0.463 e. The molecule has 0 N–H and O–H groups in total. The Morgan fingerprint density at radius 1 is 0.981 bits per heavy atom. The summed E-state index contributed by atoms with van der Waals surface area (Å²) in [6, 6.07) is 15.3. The molecule has 3 aliphatic heterocycles. The van der Waals surface area contributed by atoms with Crippen LogP contribution in [0.2, 0.25) is 0 Å². The minimum atomic E-state index is -0.625. The molecule has 2 aromatic carbocycles. The van der Waals surface area contributed by atoms with Crippen LogP contribution in [0.25, 0.3) is 10.8 Å². The number of carbonyl (C=O) groups is 2. The number of hydrogen-bond acceptors (Lipinski definition) is 10. The quantitative estimate of drug-likeness (QED) is 0.311.